The van der Waals surface area contributed by atoms with Gasteiger partial charge in [0.25, 0.3) is 0 Å². The maximum absolute atomic E-state index is 3.31. The van der Waals surface area contributed by atoms with Crippen LogP contribution in [0.1, 0.15) is 62.9 Å². The first-order valence-corrected chi connectivity index (χ1v) is 8.14. The zero-order valence-corrected chi connectivity index (χ0v) is 19.4. The zero-order valence-electron chi connectivity index (χ0n) is 15.8. The number of allylic oxidation sites excluding steroid dienone is 1. The van der Waals surface area contributed by atoms with Gasteiger partial charge in [-0.3, -0.25) is 6.08 Å². The van der Waals surface area contributed by atoms with Crippen LogP contribution >= 0.6 is 0 Å². The van der Waals surface area contributed by atoms with Crippen molar-refractivity contribution in [3.63, 3.8) is 0 Å². The summed E-state index contributed by atoms with van der Waals surface area (Å²) in [6, 6.07) is 4.53. The Hall–Kier alpha value is -0.820. The van der Waals surface area contributed by atoms with Crippen molar-refractivity contribution >= 4 is 6.08 Å². The minimum atomic E-state index is 0. The summed E-state index contributed by atoms with van der Waals surface area (Å²) in [6.07, 6.45) is 5.42. The summed E-state index contributed by atoms with van der Waals surface area (Å²) in [5, 5.41) is 0. The van der Waals surface area contributed by atoms with Crippen LogP contribution in [0.4, 0.5) is 0 Å². The largest absolute Gasteiger partial charge is 0.269 e. The molecule has 0 N–H and O–H groups in total. The van der Waals surface area contributed by atoms with Crippen molar-refractivity contribution in [2.45, 2.75) is 61.3 Å². The van der Waals surface area contributed by atoms with E-state index in [0.717, 1.165) is 0 Å². The molecule has 0 radical (unpaired) electrons. The van der Waals surface area contributed by atoms with Gasteiger partial charge in [0, 0.05) is 25.8 Å². The molecule has 122 valence electrons. The Morgan fingerprint density at radius 3 is 1.78 bits per heavy atom. The van der Waals surface area contributed by atoms with Gasteiger partial charge in [-0.25, -0.2) is 6.08 Å². The maximum atomic E-state index is 3.31. The van der Waals surface area contributed by atoms with E-state index in [9.17, 15) is 0 Å². The van der Waals surface area contributed by atoms with Crippen LogP contribution in [0, 0.1) is 54.5 Å². The van der Waals surface area contributed by atoms with Gasteiger partial charge in [0.15, 0.2) is 0 Å². The van der Waals surface area contributed by atoms with E-state index in [4.69, 9.17) is 0 Å². The van der Waals surface area contributed by atoms with E-state index in [1.807, 2.05) is 0 Å². The molecule has 0 aliphatic heterocycles. The molecule has 3 rings (SSSR count). The maximum Gasteiger partial charge on any atom is 0 e. The molecular weight excluding hydrogens is 443 g/mol. The molecule has 0 aromatic heterocycles. The molecule has 23 heavy (non-hydrogen) atoms. The molecule has 1 aliphatic carbocycles. The average molecular weight is 471 g/mol. The van der Waals surface area contributed by atoms with E-state index in [1.54, 1.807) is 0 Å². The fourth-order valence-corrected chi connectivity index (χ4v) is 3.07. The normalized spacial score (nSPS) is 14.9. The molecule has 0 amide bonds. The Labute approximate surface area is 161 Å². The van der Waals surface area contributed by atoms with Gasteiger partial charge in [-0.05, 0) is 13.8 Å². The van der Waals surface area contributed by atoms with Crippen molar-refractivity contribution in [3.05, 3.63) is 68.3 Å². The molecule has 0 heterocycles. The van der Waals surface area contributed by atoms with Gasteiger partial charge in [-0.15, -0.1) is 11.6 Å². The second-order valence-corrected chi connectivity index (χ2v) is 6.72. The summed E-state index contributed by atoms with van der Waals surface area (Å²) >= 11 is 0. The third-order valence-corrected chi connectivity index (χ3v) is 5.47. The number of aryl methyl sites for hydroxylation is 2. The smallest absolute Gasteiger partial charge is 0 e. The summed E-state index contributed by atoms with van der Waals surface area (Å²) in [6.45, 7) is 17.5. The molecule has 0 saturated heterocycles. The molecule has 0 fully saturated rings. The van der Waals surface area contributed by atoms with Crippen LogP contribution in [-0.2, 0) is 25.8 Å². The molecule has 0 nitrogen and oxygen atoms in total. The van der Waals surface area contributed by atoms with Gasteiger partial charge in [-0.2, -0.15) is 33.4 Å². The van der Waals surface area contributed by atoms with Crippen LogP contribution < -0.4 is 0 Å². The minimum absolute atomic E-state index is 0. The first-order chi connectivity index (χ1) is 10.2. The number of rotatable bonds is 0. The van der Waals surface area contributed by atoms with Gasteiger partial charge >= 0.3 is 0 Å². The van der Waals surface area contributed by atoms with E-state index in [2.05, 4.69) is 79.7 Å². The molecule has 1 unspecified atom stereocenters. The van der Waals surface area contributed by atoms with Crippen molar-refractivity contribution in [3.8, 4) is 0 Å². The van der Waals surface area contributed by atoms with Crippen LogP contribution in [0.15, 0.2) is 12.1 Å². The second-order valence-electron chi connectivity index (χ2n) is 6.72. The minimum Gasteiger partial charge on any atom is -0.269 e. The molecule has 1 atom stereocenters. The summed E-state index contributed by atoms with van der Waals surface area (Å²) in [7, 11) is 0. The van der Waals surface area contributed by atoms with Crippen LogP contribution in [-0.4, -0.2) is 0 Å². The van der Waals surface area contributed by atoms with E-state index in [0.29, 0.717) is 5.92 Å². The molecule has 2 aromatic carbocycles. The Kier molecular flexibility index (Phi) is 6.89. The number of benzene rings is 1. The quantitative estimate of drug-likeness (QED) is 0.318. The Balaban J connectivity index is 0.000000224. The first-order valence-electron chi connectivity index (χ1n) is 8.14. The van der Waals surface area contributed by atoms with Crippen LogP contribution in [0.25, 0.3) is 6.08 Å². The molecule has 2 aromatic rings. The average Bonchev–Trinajstić information content (AvgIpc) is 2.91. The fourth-order valence-electron chi connectivity index (χ4n) is 3.07. The number of fused-ring (bicyclic) bond motifs is 1. The van der Waals surface area contributed by atoms with Gasteiger partial charge in [0.1, 0.15) is 0 Å². The molecular formula is C22H28Hf-2. The SMILES string of the molecule is Cc1c(C)c(C)[c-](C)c1C.Cc1cc2c(cc1C)C(C)[C-]=C2.[Hf]. The van der Waals surface area contributed by atoms with E-state index in [-0.39, 0.29) is 25.8 Å². The summed E-state index contributed by atoms with van der Waals surface area (Å²) in [5.41, 5.74) is 12.9. The van der Waals surface area contributed by atoms with Crippen molar-refractivity contribution < 1.29 is 25.8 Å². The van der Waals surface area contributed by atoms with Crippen LogP contribution in [0.3, 0.4) is 0 Å². The van der Waals surface area contributed by atoms with Gasteiger partial charge in [-0.1, -0.05) is 64.7 Å². The van der Waals surface area contributed by atoms with Crippen LogP contribution in [0.2, 0.25) is 0 Å². The Bertz CT molecular complexity index is 649. The third kappa shape index (κ3) is 3.99. The first kappa shape index (κ1) is 20.2. The third-order valence-electron chi connectivity index (χ3n) is 5.47. The van der Waals surface area contributed by atoms with E-state index >= 15 is 0 Å². The van der Waals surface area contributed by atoms with Crippen molar-refractivity contribution in [2.75, 3.05) is 0 Å². The van der Waals surface area contributed by atoms with Gasteiger partial charge in [0.2, 0.25) is 0 Å². The van der Waals surface area contributed by atoms with Crippen molar-refractivity contribution in [1.82, 2.24) is 0 Å². The fraction of sp³-hybridized carbons (Fsp3) is 0.409. The topological polar surface area (TPSA) is 0 Å². The number of hydrogen-bond acceptors (Lipinski definition) is 0. The molecule has 0 bridgehead atoms. The standard InChI is InChI=1S/C12H13.C10H15.Hf/c1-8-4-5-11-6-9(2)10(3)7-12(8)11;1-6-7(2)9(4)10(5)8(6)3;/h5-8H,1-3H3;1-5H3;/q2*-1;. The van der Waals surface area contributed by atoms with Gasteiger partial charge < -0.3 is 0 Å². The van der Waals surface area contributed by atoms with Crippen molar-refractivity contribution in [1.29, 1.82) is 0 Å². The van der Waals surface area contributed by atoms with Gasteiger partial charge in [0.05, 0.1) is 0 Å². The molecule has 0 spiro atoms. The number of hydrogen-bond donors (Lipinski definition) is 0. The Morgan fingerprint density at radius 1 is 0.870 bits per heavy atom. The Morgan fingerprint density at radius 2 is 1.35 bits per heavy atom. The predicted molar refractivity (Wildman–Crippen MR) is 97.8 cm³/mol. The van der Waals surface area contributed by atoms with Crippen LogP contribution in [0.5, 0.6) is 0 Å². The molecule has 0 saturated carbocycles. The van der Waals surface area contributed by atoms with E-state index < -0.39 is 0 Å². The zero-order chi connectivity index (χ0) is 16.6. The monoisotopic (exact) mass is 472 g/mol. The second kappa shape index (κ2) is 7.83. The molecule has 1 heteroatoms. The summed E-state index contributed by atoms with van der Waals surface area (Å²) in [4.78, 5) is 0. The summed E-state index contributed by atoms with van der Waals surface area (Å²) in [5.74, 6) is 0.485. The summed E-state index contributed by atoms with van der Waals surface area (Å²) < 4.78 is 0. The predicted octanol–water partition coefficient (Wildman–Crippen LogP) is 6.18. The molecule has 1 aliphatic rings. The van der Waals surface area contributed by atoms with E-state index in [1.165, 1.54) is 50.1 Å². The van der Waals surface area contributed by atoms with Crippen molar-refractivity contribution in [2.24, 2.45) is 0 Å².